The van der Waals surface area contributed by atoms with Gasteiger partial charge in [0.05, 0.1) is 28.0 Å². The van der Waals surface area contributed by atoms with E-state index in [1.165, 1.54) is 0 Å². The van der Waals surface area contributed by atoms with Crippen LogP contribution in [0.15, 0.2) is 77.7 Å². The number of hydrogen-bond donors (Lipinski definition) is 2. The van der Waals surface area contributed by atoms with E-state index in [2.05, 4.69) is 25.6 Å². The first-order valence-corrected chi connectivity index (χ1v) is 10.2. The van der Waals surface area contributed by atoms with Crippen LogP contribution in [0.2, 0.25) is 0 Å². The Hall–Kier alpha value is -3.85. The van der Waals surface area contributed by atoms with E-state index in [-0.39, 0.29) is 5.91 Å². The van der Waals surface area contributed by atoms with E-state index in [0.717, 1.165) is 4.88 Å². The van der Waals surface area contributed by atoms with Gasteiger partial charge in [-0.05, 0) is 42.6 Å². The van der Waals surface area contributed by atoms with Crippen molar-refractivity contribution >= 4 is 28.9 Å². The first-order chi connectivity index (χ1) is 14.7. The smallest absolute Gasteiger partial charge is 0.255 e. The molecule has 4 aromatic heterocycles. The molecule has 1 aliphatic rings. The fourth-order valence-corrected chi connectivity index (χ4v) is 4.05. The number of allylic oxidation sites excluding steroid dienone is 1. The molecule has 1 amide bonds. The summed E-state index contributed by atoms with van der Waals surface area (Å²) < 4.78 is 1.72. The molecule has 0 saturated carbocycles. The molecule has 0 aromatic carbocycles. The summed E-state index contributed by atoms with van der Waals surface area (Å²) in [5.74, 6) is 0.933. The Bertz CT molecular complexity index is 1220. The summed E-state index contributed by atoms with van der Waals surface area (Å²) in [5.41, 5.74) is 2.54. The number of thiophene rings is 1. The molecule has 1 atom stereocenters. The van der Waals surface area contributed by atoms with Crippen molar-refractivity contribution in [1.82, 2.24) is 24.7 Å². The van der Waals surface area contributed by atoms with Crippen molar-refractivity contribution in [2.75, 3.05) is 10.6 Å². The molecule has 0 spiro atoms. The van der Waals surface area contributed by atoms with Gasteiger partial charge >= 0.3 is 0 Å². The molecule has 4 aromatic rings. The van der Waals surface area contributed by atoms with E-state index >= 15 is 0 Å². The van der Waals surface area contributed by atoms with E-state index in [1.807, 2.05) is 42.6 Å². The highest BCUT2D eigenvalue weighted by Crippen LogP contribution is 2.36. The number of nitrogens with zero attached hydrogens (tertiary/aromatic N) is 5. The van der Waals surface area contributed by atoms with Crippen LogP contribution >= 0.6 is 11.3 Å². The number of pyridine rings is 2. The second-order valence-corrected chi connectivity index (χ2v) is 7.65. The summed E-state index contributed by atoms with van der Waals surface area (Å²) in [6.07, 6.45) is 4.97. The zero-order chi connectivity index (χ0) is 20.5. The molecule has 9 heteroatoms. The molecule has 0 aliphatic carbocycles. The van der Waals surface area contributed by atoms with Gasteiger partial charge in [-0.15, -0.1) is 16.4 Å². The van der Waals surface area contributed by atoms with Crippen molar-refractivity contribution in [2.45, 2.75) is 13.0 Å². The SMILES string of the molecule is CC1=C(C(=O)Nc2cccnc2)C(c2ccccn2)n2nc(-c3cccs3)nc2N1. The van der Waals surface area contributed by atoms with Crippen molar-refractivity contribution < 1.29 is 4.79 Å². The summed E-state index contributed by atoms with van der Waals surface area (Å²) in [4.78, 5) is 27.5. The minimum absolute atomic E-state index is 0.248. The first kappa shape index (κ1) is 18.2. The van der Waals surface area contributed by atoms with Crippen molar-refractivity contribution in [1.29, 1.82) is 0 Å². The molecule has 1 aliphatic heterocycles. The van der Waals surface area contributed by atoms with Gasteiger partial charge in [0.1, 0.15) is 6.04 Å². The van der Waals surface area contributed by atoms with Crippen LogP contribution in [0.1, 0.15) is 18.7 Å². The standard InChI is InChI=1S/C21H17N7OS/c1-13-17(20(29)25-14-6-4-9-22-12-14)18(15-7-2-3-10-23-15)28-21(24-13)26-19(27-28)16-8-5-11-30-16/h2-12,18H,1H3,(H,25,29)(H,24,26,27). The monoisotopic (exact) mass is 415 g/mol. The average Bonchev–Trinajstić information content (AvgIpc) is 3.44. The van der Waals surface area contributed by atoms with Crippen molar-refractivity contribution in [3.8, 4) is 10.7 Å². The normalized spacial score (nSPS) is 15.4. The number of nitrogens with one attached hydrogen (secondary N) is 2. The molecular formula is C21H17N7OS. The summed E-state index contributed by atoms with van der Waals surface area (Å²) >= 11 is 1.56. The van der Waals surface area contributed by atoms with Crippen LogP contribution in [0, 0.1) is 0 Å². The predicted octanol–water partition coefficient (Wildman–Crippen LogP) is 3.72. The third-order valence-electron chi connectivity index (χ3n) is 4.73. The number of rotatable bonds is 4. The number of amides is 1. The summed E-state index contributed by atoms with van der Waals surface area (Å²) in [6.45, 7) is 1.86. The lowest BCUT2D eigenvalue weighted by Gasteiger charge is -2.27. The number of fused-ring (bicyclic) bond motifs is 1. The maximum Gasteiger partial charge on any atom is 0.255 e. The highest BCUT2D eigenvalue weighted by atomic mass is 32.1. The van der Waals surface area contributed by atoms with Crippen LogP contribution in [-0.4, -0.2) is 30.6 Å². The summed E-state index contributed by atoms with van der Waals surface area (Å²) in [7, 11) is 0. The van der Waals surface area contributed by atoms with Gasteiger partial charge in [-0.1, -0.05) is 12.1 Å². The van der Waals surface area contributed by atoms with Gasteiger partial charge < -0.3 is 10.6 Å². The minimum Gasteiger partial charge on any atom is -0.328 e. The van der Waals surface area contributed by atoms with Crippen LogP contribution < -0.4 is 10.6 Å². The summed E-state index contributed by atoms with van der Waals surface area (Å²) in [5, 5.41) is 12.8. The van der Waals surface area contributed by atoms with Crippen LogP contribution in [0.5, 0.6) is 0 Å². The Morgan fingerprint density at radius 3 is 2.83 bits per heavy atom. The number of carbonyl (C=O) groups excluding carboxylic acids is 1. The van der Waals surface area contributed by atoms with Crippen LogP contribution in [-0.2, 0) is 4.79 Å². The highest BCUT2D eigenvalue weighted by molar-refractivity contribution is 7.13. The second-order valence-electron chi connectivity index (χ2n) is 6.70. The lowest BCUT2D eigenvalue weighted by atomic mass is 9.98. The number of aromatic nitrogens is 5. The van der Waals surface area contributed by atoms with Crippen LogP contribution in [0.4, 0.5) is 11.6 Å². The topological polar surface area (TPSA) is 97.6 Å². The van der Waals surface area contributed by atoms with Crippen molar-refractivity contribution in [3.63, 3.8) is 0 Å². The molecule has 2 N–H and O–H groups in total. The largest absolute Gasteiger partial charge is 0.328 e. The summed E-state index contributed by atoms with van der Waals surface area (Å²) in [6, 6.07) is 12.6. The quantitative estimate of drug-likeness (QED) is 0.527. The maximum atomic E-state index is 13.3. The van der Waals surface area contributed by atoms with Gasteiger partial charge in [0.25, 0.3) is 5.91 Å². The van der Waals surface area contributed by atoms with E-state index < -0.39 is 6.04 Å². The Balaban J connectivity index is 1.60. The van der Waals surface area contributed by atoms with Gasteiger partial charge in [-0.25, -0.2) is 4.68 Å². The van der Waals surface area contributed by atoms with E-state index in [4.69, 9.17) is 5.10 Å². The molecule has 0 radical (unpaired) electrons. The molecule has 148 valence electrons. The van der Waals surface area contributed by atoms with Gasteiger partial charge in [0.15, 0.2) is 5.82 Å². The Morgan fingerprint density at radius 2 is 2.10 bits per heavy atom. The molecule has 8 nitrogen and oxygen atoms in total. The van der Waals surface area contributed by atoms with Gasteiger partial charge in [0.2, 0.25) is 5.95 Å². The van der Waals surface area contributed by atoms with Crippen LogP contribution in [0.3, 0.4) is 0 Å². The first-order valence-electron chi connectivity index (χ1n) is 9.31. The van der Waals surface area contributed by atoms with Gasteiger partial charge in [0, 0.05) is 18.1 Å². The van der Waals surface area contributed by atoms with E-state index in [9.17, 15) is 4.79 Å². The van der Waals surface area contributed by atoms with E-state index in [0.29, 0.717) is 34.4 Å². The van der Waals surface area contributed by atoms with Crippen LogP contribution in [0.25, 0.3) is 10.7 Å². The second kappa shape index (κ2) is 7.53. The third kappa shape index (κ3) is 3.25. The number of carbonyl (C=O) groups is 1. The fourth-order valence-electron chi connectivity index (χ4n) is 3.40. The molecule has 1 unspecified atom stereocenters. The highest BCUT2D eigenvalue weighted by Gasteiger charge is 2.35. The average molecular weight is 415 g/mol. The zero-order valence-electron chi connectivity index (χ0n) is 16.0. The molecule has 5 heterocycles. The Morgan fingerprint density at radius 1 is 1.17 bits per heavy atom. The predicted molar refractivity (Wildman–Crippen MR) is 115 cm³/mol. The zero-order valence-corrected chi connectivity index (χ0v) is 16.8. The fraction of sp³-hybridized carbons (Fsp3) is 0.0952. The minimum atomic E-state index is -0.514. The molecule has 0 bridgehead atoms. The number of hydrogen-bond acceptors (Lipinski definition) is 7. The lowest BCUT2D eigenvalue weighted by Crippen LogP contribution is -2.32. The molecular weight excluding hydrogens is 398 g/mol. The third-order valence-corrected chi connectivity index (χ3v) is 5.59. The van der Waals surface area contributed by atoms with Gasteiger partial charge in [-0.3, -0.25) is 14.8 Å². The maximum absolute atomic E-state index is 13.3. The molecule has 0 fully saturated rings. The molecule has 0 saturated heterocycles. The Labute approximate surface area is 176 Å². The van der Waals surface area contributed by atoms with Crippen molar-refractivity contribution in [2.24, 2.45) is 0 Å². The van der Waals surface area contributed by atoms with Crippen molar-refractivity contribution in [3.05, 3.63) is 83.4 Å². The van der Waals surface area contributed by atoms with Gasteiger partial charge in [-0.2, -0.15) is 4.98 Å². The lowest BCUT2D eigenvalue weighted by molar-refractivity contribution is -0.113. The molecule has 5 rings (SSSR count). The number of anilines is 2. The van der Waals surface area contributed by atoms with E-state index in [1.54, 1.807) is 46.7 Å². The Kier molecular flexibility index (Phi) is 4.56. The molecule has 30 heavy (non-hydrogen) atoms.